The fourth-order valence-corrected chi connectivity index (χ4v) is 1.58. The minimum absolute atomic E-state index is 0.581. The first kappa shape index (κ1) is 12.0. The lowest BCUT2D eigenvalue weighted by Gasteiger charge is -2.15. The Morgan fingerprint density at radius 3 is 3.00 bits per heavy atom. The fraction of sp³-hybridized carbons (Fsp3) is 0.583. The molecule has 0 aromatic carbocycles. The minimum Gasteiger partial charge on any atom is -0.310 e. The van der Waals surface area contributed by atoms with Gasteiger partial charge in [0.05, 0.1) is 6.20 Å². The standard InChI is InChI=1S/C12H21N3/c1-4-6-7-12(5-2)13-8-11-9-14-15-10(11)3/h4,9,12-13H,1,5-8H2,2-3H3,(H,14,15). The van der Waals surface area contributed by atoms with Gasteiger partial charge >= 0.3 is 0 Å². The number of allylic oxidation sites excluding steroid dienone is 1. The summed E-state index contributed by atoms with van der Waals surface area (Å²) in [7, 11) is 0. The molecule has 0 aliphatic heterocycles. The molecule has 15 heavy (non-hydrogen) atoms. The second kappa shape index (κ2) is 6.40. The lowest BCUT2D eigenvalue weighted by molar-refractivity contribution is 0.470. The summed E-state index contributed by atoms with van der Waals surface area (Å²) in [5, 5.41) is 10.5. The summed E-state index contributed by atoms with van der Waals surface area (Å²) in [6.07, 6.45) is 7.27. The molecule has 3 heteroatoms. The third kappa shape index (κ3) is 3.88. The first-order valence-electron chi connectivity index (χ1n) is 5.61. The van der Waals surface area contributed by atoms with Gasteiger partial charge in [0.2, 0.25) is 0 Å². The molecule has 1 unspecified atom stereocenters. The van der Waals surface area contributed by atoms with Crippen LogP contribution >= 0.6 is 0 Å². The summed E-state index contributed by atoms with van der Waals surface area (Å²) in [6.45, 7) is 8.91. The van der Waals surface area contributed by atoms with Gasteiger partial charge < -0.3 is 5.32 Å². The highest BCUT2D eigenvalue weighted by molar-refractivity contribution is 5.13. The minimum atomic E-state index is 0.581. The number of hydrogen-bond donors (Lipinski definition) is 2. The summed E-state index contributed by atoms with van der Waals surface area (Å²) in [4.78, 5) is 0. The average Bonchev–Trinajstić information content (AvgIpc) is 2.65. The first-order valence-corrected chi connectivity index (χ1v) is 5.61. The maximum Gasteiger partial charge on any atom is 0.0535 e. The molecule has 0 amide bonds. The Morgan fingerprint density at radius 2 is 2.47 bits per heavy atom. The molecular formula is C12H21N3. The Balaban J connectivity index is 2.34. The summed E-state index contributed by atoms with van der Waals surface area (Å²) in [5.41, 5.74) is 2.41. The molecule has 0 bridgehead atoms. The van der Waals surface area contributed by atoms with E-state index in [1.165, 1.54) is 5.56 Å². The molecule has 0 spiro atoms. The van der Waals surface area contributed by atoms with Crippen LogP contribution in [-0.2, 0) is 6.54 Å². The van der Waals surface area contributed by atoms with E-state index >= 15 is 0 Å². The molecule has 1 atom stereocenters. The highest BCUT2D eigenvalue weighted by Crippen LogP contribution is 2.06. The van der Waals surface area contributed by atoms with Crippen molar-refractivity contribution in [3.05, 3.63) is 30.1 Å². The van der Waals surface area contributed by atoms with Crippen molar-refractivity contribution in [3.8, 4) is 0 Å². The zero-order chi connectivity index (χ0) is 11.1. The number of aromatic nitrogens is 2. The summed E-state index contributed by atoms with van der Waals surface area (Å²) >= 11 is 0. The van der Waals surface area contributed by atoms with Crippen molar-refractivity contribution in [2.75, 3.05) is 0 Å². The Hall–Kier alpha value is -1.09. The molecule has 1 heterocycles. The van der Waals surface area contributed by atoms with E-state index in [1.54, 1.807) is 0 Å². The number of H-pyrrole nitrogens is 1. The lowest BCUT2D eigenvalue weighted by atomic mass is 10.1. The Morgan fingerprint density at radius 1 is 1.67 bits per heavy atom. The van der Waals surface area contributed by atoms with E-state index in [0.29, 0.717) is 6.04 Å². The molecular weight excluding hydrogens is 186 g/mol. The highest BCUT2D eigenvalue weighted by atomic mass is 15.1. The van der Waals surface area contributed by atoms with Crippen LogP contribution in [0.4, 0.5) is 0 Å². The second-order valence-electron chi connectivity index (χ2n) is 3.87. The SMILES string of the molecule is C=CCCC(CC)NCc1cn[nH]c1C. The van der Waals surface area contributed by atoms with Crippen molar-refractivity contribution in [2.45, 2.75) is 45.7 Å². The number of aryl methyl sites for hydroxylation is 1. The highest BCUT2D eigenvalue weighted by Gasteiger charge is 2.06. The van der Waals surface area contributed by atoms with Gasteiger partial charge in [0.1, 0.15) is 0 Å². The second-order valence-corrected chi connectivity index (χ2v) is 3.87. The molecule has 84 valence electrons. The molecule has 1 rings (SSSR count). The van der Waals surface area contributed by atoms with Crippen molar-refractivity contribution in [2.24, 2.45) is 0 Å². The number of rotatable bonds is 7. The zero-order valence-corrected chi connectivity index (χ0v) is 9.71. The quantitative estimate of drug-likeness (QED) is 0.675. The van der Waals surface area contributed by atoms with Crippen LogP contribution < -0.4 is 5.32 Å². The van der Waals surface area contributed by atoms with Gasteiger partial charge in [-0.1, -0.05) is 13.0 Å². The van der Waals surface area contributed by atoms with Crippen molar-refractivity contribution < 1.29 is 0 Å². The molecule has 3 nitrogen and oxygen atoms in total. The molecule has 0 radical (unpaired) electrons. The number of hydrogen-bond acceptors (Lipinski definition) is 2. The fourth-order valence-electron chi connectivity index (χ4n) is 1.58. The normalized spacial score (nSPS) is 12.7. The van der Waals surface area contributed by atoms with Crippen molar-refractivity contribution in [1.82, 2.24) is 15.5 Å². The predicted molar refractivity (Wildman–Crippen MR) is 63.7 cm³/mol. The van der Waals surface area contributed by atoms with Crippen LogP contribution in [0.2, 0.25) is 0 Å². The number of nitrogens with one attached hydrogen (secondary N) is 2. The van der Waals surface area contributed by atoms with Gasteiger partial charge in [-0.3, -0.25) is 5.10 Å². The molecule has 0 aliphatic rings. The van der Waals surface area contributed by atoms with Gasteiger partial charge in [-0.25, -0.2) is 0 Å². The molecule has 0 fully saturated rings. The van der Waals surface area contributed by atoms with E-state index < -0.39 is 0 Å². The third-order valence-corrected chi connectivity index (χ3v) is 2.73. The molecule has 1 aromatic rings. The van der Waals surface area contributed by atoms with Crippen LogP contribution in [0.5, 0.6) is 0 Å². The third-order valence-electron chi connectivity index (χ3n) is 2.73. The summed E-state index contributed by atoms with van der Waals surface area (Å²) in [5.74, 6) is 0. The monoisotopic (exact) mass is 207 g/mol. The largest absolute Gasteiger partial charge is 0.310 e. The van der Waals surface area contributed by atoms with Crippen LogP contribution in [0.15, 0.2) is 18.9 Å². The van der Waals surface area contributed by atoms with Crippen LogP contribution in [0, 0.1) is 6.92 Å². The van der Waals surface area contributed by atoms with Crippen LogP contribution in [-0.4, -0.2) is 16.2 Å². The number of nitrogens with zero attached hydrogens (tertiary/aromatic N) is 1. The van der Waals surface area contributed by atoms with Gasteiger partial charge in [-0.05, 0) is 26.2 Å². The van der Waals surface area contributed by atoms with E-state index in [9.17, 15) is 0 Å². The van der Waals surface area contributed by atoms with Gasteiger partial charge in [0.15, 0.2) is 0 Å². The molecule has 1 aromatic heterocycles. The Kier molecular flexibility index (Phi) is 5.12. The maximum absolute atomic E-state index is 4.01. The predicted octanol–water partition coefficient (Wildman–Crippen LogP) is 2.55. The molecule has 0 saturated heterocycles. The number of aromatic amines is 1. The lowest BCUT2D eigenvalue weighted by Crippen LogP contribution is -2.27. The molecule has 0 saturated carbocycles. The van der Waals surface area contributed by atoms with Gasteiger partial charge in [-0.2, -0.15) is 5.10 Å². The van der Waals surface area contributed by atoms with Crippen molar-refractivity contribution in [1.29, 1.82) is 0 Å². The summed E-state index contributed by atoms with van der Waals surface area (Å²) < 4.78 is 0. The smallest absolute Gasteiger partial charge is 0.0535 e. The van der Waals surface area contributed by atoms with Crippen molar-refractivity contribution >= 4 is 0 Å². The van der Waals surface area contributed by atoms with E-state index in [1.807, 2.05) is 12.3 Å². The van der Waals surface area contributed by atoms with E-state index in [0.717, 1.165) is 31.5 Å². The van der Waals surface area contributed by atoms with Gasteiger partial charge in [0.25, 0.3) is 0 Å². The average molecular weight is 207 g/mol. The van der Waals surface area contributed by atoms with Crippen LogP contribution in [0.25, 0.3) is 0 Å². The zero-order valence-electron chi connectivity index (χ0n) is 9.71. The van der Waals surface area contributed by atoms with E-state index in [4.69, 9.17) is 0 Å². The Labute approximate surface area is 92.0 Å². The van der Waals surface area contributed by atoms with E-state index in [2.05, 4.69) is 35.9 Å². The molecule has 2 N–H and O–H groups in total. The van der Waals surface area contributed by atoms with E-state index in [-0.39, 0.29) is 0 Å². The maximum atomic E-state index is 4.01. The van der Waals surface area contributed by atoms with Gasteiger partial charge in [-0.15, -0.1) is 6.58 Å². The van der Waals surface area contributed by atoms with Crippen molar-refractivity contribution in [3.63, 3.8) is 0 Å². The first-order chi connectivity index (χ1) is 7.27. The van der Waals surface area contributed by atoms with Gasteiger partial charge in [0, 0.05) is 23.8 Å². The van der Waals surface area contributed by atoms with Crippen LogP contribution in [0.1, 0.15) is 37.4 Å². The summed E-state index contributed by atoms with van der Waals surface area (Å²) in [6, 6.07) is 0.581. The Bertz CT molecular complexity index is 291. The topological polar surface area (TPSA) is 40.7 Å². The van der Waals surface area contributed by atoms with Crippen LogP contribution in [0.3, 0.4) is 0 Å². The molecule has 0 aliphatic carbocycles.